The maximum atomic E-state index is 12.5. The van der Waals surface area contributed by atoms with Gasteiger partial charge in [-0.25, -0.2) is 10.4 Å². The predicted molar refractivity (Wildman–Crippen MR) is 122 cm³/mol. The van der Waals surface area contributed by atoms with E-state index in [0.29, 0.717) is 29.4 Å². The standard InChI is InChI=1S/C24H26N4O4/c1-4-5-10-32-19-8-6-18(7-9-19)22-15-25-16-23(27-22)24(29)28-26-14-17-11-20(30-2)13-21(12-17)31-3/h6-9,11-16H,4-5,10H2,1-3H3,(H,28,29). The number of ether oxygens (including phenoxy) is 3. The van der Waals surface area contributed by atoms with E-state index in [-0.39, 0.29) is 5.69 Å². The van der Waals surface area contributed by atoms with E-state index in [0.717, 1.165) is 24.2 Å². The average Bonchev–Trinajstić information content (AvgIpc) is 2.84. The molecule has 32 heavy (non-hydrogen) atoms. The van der Waals surface area contributed by atoms with Crippen LogP contribution >= 0.6 is 0 Å². The third-order valence-electron chi connectivity index (χ3n) is 4.54. The summed E-state index contributed by atoms with van der Waals surface area (Å²) in [6.45, 7) is 2.81. The minimum atomic E-state index is -0.468. The van der Waals surface area contributed by atoms with Gasteiger partial charge in [-0.1, -0.05) is 13.3 Å². The highest BCUT2D eigenvalue weighted by Gasteiger charge is 2.09. The molecule has 3 rings (SSSR count). The summed E-state index contributed by atoms with van der Waals surface area (Å²) in [5.41, 5.74) is 4.75. The number of unbranched alkanes of at least 4 members (excludes halogenated alkanes) is 1. The van der Waals surface area contributed by atoms with E-state index in [9.17, 15) is 4.79 Å². The molecule has 0 aliphatic carbocycles. The summed E-state index contributed by atoms with van der Waals surface area (Å²) in [7, 11) is 3.13. The molecule has 1 aromatic heterocycles. The molecule has 0 saturated carbocycles. The van der Waals surface area contributed by atoms with Crippen molar-refractivity contribution in [1.29, 1.82) is 0 Å². The van der Waals surface area contributed by atoms with Gasteiger partial charge in [-0.15, -0.1) is 0 Å². The smallest absolute Gasteiger partial charge is 0.291 e. The number of nitrogens with zero attached hydrogens (tertiary/aromatic N) is 3. The van der Waals surface area contributed by atoms with Crippen molar-refractivity contribution in [3.63, 3.8) is 0 Å². The number of hydrogen-bond donors (Lipinski definition) is 1. The van der Waals surface area contributed by atoms with Crippen LogP contribution in [-0.2, 0) is 0 Å². The summed E-state index contributed by atoms with van der Waals surface area (Å²) in [4.78, 5) is 21.0. The van der Waals surface area contributed by atoms with Crippen molar-refractivity contribution in [2.24, 2.45) is 5.10 Å². The number of carbonyl (C=O) groups is 1. The van der Waals surface area contributed by atoms with Crippen molar-refractivity contribution in [1.82, 2.24) is 15.4 Å². The third-order valence-corrected chi connectivity index (χ3v) is 4.54. The molecule has 8 heteroatoms. The Morgan fingerprint density at radius 1 is 1.03 bits per heavy atom. The van der Waals surface area contributed by atoms with Gasteiger partial charge in [-0.05, 0) is 42.8 Å². The summed E-state index contributed by atoms with van der Waals surface area (Å²) in [6, 6.07) is 12.8. The summed E-state index contributed by atoms with van der Waals surface area (Å²) in [5, 5.41) is 4.00. The number of amides is 1. The second-order valence-corrected chi connectivity index (χ2v) is 6.86. The Morgan fingerprint density at radius 3 is 2.41 bits per heavy atom. The highest BCUT2D eigenvalue weighted by molar-refractivity contribution is 5.93. The highest BCUT2D eigenvalue weighted by Crippen LogP contribution is 2.22. The monoisotopic (exact) mass is 434 g/mol. The molecule has 0 aliphatic heterocycles. The van der Waals surface area contributed by atoms with Crippen LogP contribution in [0.1, 0.15) is 35.8 Å². The van der Waals surface area contributed by atoms with Gasteiger partial charge in [-0.2, -0.15) is 5.10 Å². The number of aromatic nitrogens is 2. The fourth-order valence-electron chi connectivity index (χ4n) is 2.80. The van der Waals surface area contributed by atoms with E-state index in [1.54, 1.807) is 38.6 Å². The van der Waals surface area contributed by atoms with Crippen LogP contribution in [0.25, 0.3) is 11.3 Å². The van der Waals surface area contributed by atoms with Gasteiger partial charge in [0.1, 0.15) is 22.9 Å². The van der Waals surface area contributed by atoms with Crippen LogP contribution in [0.5, 0.6) is 17.2 Å². The molecule has 166 valence electrons. The number of nitrogens with one attached hydrogen (secondary N) is 1. The Kier molecular flexibility index (Phi) is 8.14. The fourth-order valence-corrected chi connectivity index (χ4v) is 2.80. The number of carbonyl (C=O) groups excluding carboxylic acids is 1. The Bertz CT molecular complexity index is 1050. The minimum Gasteiger partial charge on any atom is -0.497 e. The van der Waals surface area contributed by atoms with Crippen molar-refractivity contribution >= 4 is 12.1 Å². The molecule has 0 fully saturated rings. The van der Waals surface area contributed by atoms with Crippen LogP contribution in [0.4, 0.5) is 0 Å². The Hall–Kier alpha value is -3.94. The van der Waals surface area contributed by atoms with Gasteiger partial charge in [0.25, 0.3) is 5.91 Å². The van der Waals surface area contributed by atoms with E-state index >= 15 is 0 Å². The third kappa shape index (κ3) is 6.28. The van der Waals surface area contributed by atoms with E-state index in [1.807, 2.05) is 24.3 Å². The van der Waals surface area contributed by atoms with Crippen LogP contribution in [0.2, 0.25) is 0 Å². The molecule has 0 atom stereocenters. The van der Waals surface area contributed by atoms with Crippen molar-refractivity contribution < 1.29 is 19.0 Å². The summed E-state index contributed by atoms with van der Waals surface area (Å²) in [5.74, 6) is 1.58. The van der Waals surface area contributed by atoms with Crippen molar-refractivity contribution in [2.45, 2.75) is 19.8 Å². The van der Waals surface area contributed by atoms with Gasteiger partial charge in [-0.3, -0.25) is 9.78 Å². The number of benzene rings is 2. The van der Waals surface area contributed by atoms with E-state index in [2.05, 4.69) is 27.4 Å². The largest absolute Gasteiger partial charge is 0.497 e. The van der Waals surface area contributed by atoms with Crippen LogP contribution < -0.4 is 19.6 Å². The first-order valence-corrected chi connectivity index (χ1v) is 10.2. The van der Waals surface area contributed by atoms with Gasteiger partial charge in [0.15, 0.2) is 0 Å². The predicted octanol–water partition coefficient (Wildman–Crippen LogP) is 4.10. The van der Waals surface area contributed by atoms with Gasteiger partial charge >= 0.3 is 0 Å². The number of rotatable bonds is 10. The van der Waals surface area contributed by atoms with Crippen molar-refractivity contribution in [3.8, 4) is 28.5 Å². The fraction of sp³-hybridized carbons (Fsp3) is 0.250. The molecular weight excluding hydrogens is 408 g/mol. The molecule has 2 aromatic carbocycles. The highest BCUT2D eigenvalue weighted by atomic mass is 16.5. The first kappa shape index (κ1) is 22.7. The molecule has 0 saturated heterocycles. The van der Waals surface area contributed by atoms with Crippen LogP contribution in [0, 0.1) is 0 Å². The Morgan fingerprint density at radius 2 is 1.75 bits per heavy atom. The van der Waals surface area contributed by atoms with E-state index < -0.39 is 5.91 Å². The van der Waals surface area contributed by atoms with Gasteiger partial charge < -0.3 is 14.2 Å². The first-order chi connectivity index (χ1) is 15.6. The normalized spacial score (nSPS) is 10.7. The van der Waals surface area contributed by atoms with E-state index in [4.69, 9.17) is 14.2 Å². The maximum absolute atomic E-state index is 12.5. The zero-order chi connectivity index (χ0) is 22.8. The second-order valence-electron chi connectivity index (χ2n) is 6.86. The summed E-state index contributed by atoms with van der Waals surface area (Å²) >= 11 is 0. The van der Waals surface area contributed by atoms with Crippen molar-refractivity contribution in [2.75, 3.05) is 20.8 Å². The zero-order valence-corrected chi connectivity index (χ0v) is 18.4. The summed E-state index contributed by atoms with van der Waals surface area (Å²) < 4.78 is 16.1. The van der Waals surface area contributed by atoms with Crippen molar-refractivity contribution in [3.05, 3.63) is 66.1 Å². The molecular formula is C24H26N4O4. The molecule has 0 bridgehead atoms. The topological polar surface area (TPSA) is 94.9 Å². The Balaban J connectivity index is 1.66. The molecule has 0 radical (unpaired) electrons. The van der Waals surface area contributed by atoms with E-state index in [1.165, 1.54) is 12.4 Å². The van der Waals surface area contributed by atoms with Crippen LogP contribution in [-0.4, -0.2) is 42.9 Å². The molecule has 0 aliphatic rings. The zero-order valence-electron chi connectivity index (χ0n) is 18.4. The number of hydrogen-bond acceptors (Lipinski definition) is 7. The van der Waals surface area contributed by atoms with Gasteiger partial charge in [0, 0.05) is 17.2 Å². The lowest BCUT2D eigenvalue weighted by molar-refractivity contribution is 0.0950. The second kappa shape index (κ2) is 11.5. The SMILES string of the molecule is CCCCOc1ccc(-c2cncc(C(=O)NN=Cc3cc(OC)cc(OC)c3)n2)cc1. The number of hydrazone groups is 1. The lowest BCUT2D eigenvalue weighted by Gasteiger charge is -2.07. The van der Waals surface area contributed by atoms with Crippen LogP contribution in [0.3, 0.4) is 0 Å². The minimum absolute atomic E-state index is 0.158. The quantitative estimate of drug-likeness (QED) is 0.293. The molecule has 1 amide bonds. The average molecular weight is 434 g/mol. The van der Waals surface area contributed by atoms with Gasteiger partial charge in [0.05, 0.1) is 45.1 Å². The molecule has 0 spiro atoms. The van der Waals surface area contributed by atoms with Gasteiger partial charge in [0.2, 0.25) is 0 Å². The first-order valence-electron chi connectivity index (χ1n) is 10.2. The van der Waals surface area contributed by atoms with Crippen LogP contribution in [0.15, 0.2) is 60.0 Å². The summed E-state index contributed by atoms with van der Waals surface area (Å²) in [6.07, 6.45) is 6.59. The lowest BCUT2D eigenvalue weighted by Crippen LogP contribution is -2.19. The maximum Gasteiger partial charge on any atom is 0.291 e. The molecule has 0 unspecified atom stereocenters. The molecule has 8 nitrogen and oxygen atoms in total. The molecule has 1 N–H and O–H groups in total. The molecule has 3 aromatic rings. The lowest BCUT2D eigenvalue weighted by atomic mass is 10.1. The molecule has 1 heterocycles. The Labute approximate surface area is 187 Å². The number of methoxy groups -OCH3 is 2.